The molecule has 0 saturated heterocycles. The summed E-state index contributed by atoms with van der Waals surface area (Å²) in [5.41, 5.74) is 0. The molecule has 0 aliphatic rings. The van der Waals surface area contributed by atoms with Gasteiger partial charge in [0.05, 0.1) is 0 Å². The summed E-state index contributed by atoms with van der Waals surface area (Å²) in [6, 6.07) is 0. The van der Waals surface area contributed by atoms with Crippen LogP contribution in [0, 0.1) is 0 Å². The van der Waals surface area contributed by atoms with Crippen molar-refractivity contribution < 1.29 is 28.6 Å². The van der Waals surface area contributed by atoms with Crippen molar-refractivity contribution in [3.63, 3.8) is 0 Å². The second-order valence-electron chi connectivity index (χ2n) is 20.3. The number of allylic oxidation sites excluding steroid dienone is 4. The average molecular weight is 944 g/mol. The van der Waals surface area contributed by atoms with Gasteiger partial charge in [-0.05, 0) is 64.2 Å². The summed E-state index contributed by atoms with van der Waals surface area (Å²) in [5, 5.41) is 0. The predicted molar refractivity (Wildman–Crippen MR) is 289 cm³/mol. The van der Waals surface area contributed by atoms with Crippen LogP contribution in [0.4, 0.5) is 0 Å². The highest BCUT2D eigenvalue weighted by atomic mass is 16.6. The molecular formula is C61H114O6. The Kier molecular flexibility index (Phi) is 54.7. The van der Waals surface area contributed by atoms with E-state index < -0.39 is 6.10 Å². The van der Waals surface area contributed by atoms with Gasteiger partial charge in [0, 0.05) is 19.3 Å². The van der Waals surface area contributed by atoms with Crippen molar-refractivity contribution in [3.05, 3.63) is 24.3 Å². The van der Waals surface area contributed by atoms with Crippen LogP contribution in [0.2, 0.25) is 0 Å². The molecular weight excluding hydrogens is 829 g/mol. The molecule has 0 spiro atoms. The largest absolute Gasteiger partial charge is 0.462 e. The van der Waals surface area contributed by atoms with Crippen LogP contribution in [0.25, 0.3) is 0 Å². The highest BCUT2D eigenvalue weighted by molar-refractivity contribution is 5.71. The first-order valence-corrected chi connectivity index (χ1v) is 29.8. The molecule has 0 aliphatic carbocycles. The van der Waals surface area contributed by atoms with E-state index in [0.29, 0.717) is 19.3 Å². The maximum Gasteiger partial charge on any atom is 0.306 e. The van der Waals surface area contributed by atoms with Gasteiger partial charge in [-0.2, -0.15) is 0 Å². The molecule has 394 valence electrons. The molecule has 1 atom stereocenters. The van der Waals surface area contributed by atoms with Crippen LogP contribution in [0.5, 0.6) is 0 Å². The summed E-state index contributed by atoms with van der Waals surface area (Å²) in [6.07, 6.45) is 66.3. The number of hydrogen-bond acceptors (Lipinski definition) is 6. The molecule has 67 heavy (non-hydrogen) atoms. The SMILES string of the molecule is CCC/C=C\CCCCCCCC(=O)OCC(COC(=O)CCCCCCCCCCCCCCCCCCCCCCCCCCCCC)OC(=O)CCCCCCC/C=C\CCCCC. The van der Waals surface area contributed by atoms with Gasteiger partial charge in [-0.25, -0.2) is 0 Å². The number of ether oxygens (including phenoxy) is 3. The van der Waals surface area contributed by atoms with Gasteiger partial charge in [0.1, 0.15) is 13.2 Å². The molecule has 0 N–H and O–H groups in total. The van der Waals surface area contributed by atoms with Crippen molar-refractivity contribution in [1.29, 1.82) is 0 Å². The van der Waals surface area contributed by atoms with Gasteiger partial charge < -0.3 is 14.2 Å². The summed E-state index contributed by atoms with van der Waals surface area (Å²) in [7, 11) is 0. The highest BCUT2D eigenvalue weighted by Gasteiger charge is 2.19. The number of unbranched alkanes of at least 4 members (excludes halogenated alkanes) is 40. The van der Waals surface area contributed by atoms with Gasteiger partial charge in [0.15, 0.2) is 6.10 Å². The fourth-order valence-electron chi connectivity index (χ4n) is 8.91. The van der Waals surface area contributed by atoms with E-state index in [2.05, 4.69) is 45.1 Å². The molecule has 1 unspecified atom stereocenters. The Hall–Kier alpha value is -2.11. The Labute approximate surface area is 417 Å². The molecule has 6 heteroatoms. The normalized spacial score (nSPS) is 12.1. The molecule has 0 fully saturated rings. The monoisotopic (exact) mass is 943 g/mol. The fraction of sp³-hybridized carbons (Fsp3) is 0.885. The van der Waals surface area contributed by atoms with Gasteiger partial charge in [-0.3, -0.25) is 14.4 Å². The molecule has 0 aliphatic heterocycles. The highest BCUT2D eigenvalue weighted by Crippen LogP contribution is 2.17. The molecule has 0 radical (unpaired) electrons. The summed E-state index contributed by atoms with van der Waals surface area (Å²) in [4.78, 5) is 38.0. The van der Waals surface area contributed by atoms with Crippen molar-refractivity contribution in [3.8, 4) is 0 Å². The van der Waals surface area contributed by atoms with Crippen LogP contribution in [-0.2, 0) is 28.6 Å². The molecule has 0 bridgehead atoms. The maximum atomic E-state index is 12.8. The first-order valence-electron chi connectivity index (χ1n) is 29.8. The minimum atomic E-state index is -0.774. The van der Waals surface area contributed by atoms with Crippen LogP contribution in [0.1, 0.15) is 329 Å². The predicted octanol–water partition coefficient (Wildman–Crippen LogP) is 19.9. The maximum absolute atomic E-state index is 12.8. The first kappa shape index (κ1) is 64.9. The zero-order chi connectivity index (χ0) is 48.6. The Bertz CT molecular complexity index is 1080. The van der Waals surface area contributed by atoms with Crippen molar-refractivity contribution in [2.24, 2.45) is 0 Å². The average Bonchev–Trinajstić information content (AvgIpc) is 3.33. The van der Waals surface area contributed by atoms with Gasteiger partial charge in [-0.15, -0.1) is 0 Å². The smallest absolute Gasteiger partial charge is 0.306 e. The van der Waals surface area contributed by atoms with Crippen molar-refractivity contribution in [2.45, 2.75) is 335 Å². The molecule has 6 nitrogen and oxygen atoms in total. The first-order chi connectivity index (χ1) is 33.0. The Balaban J connectivity index is 4.08. The number of esters is 3. The topological polar surface area (TPSA) is 78.9 Å². The molecule has 0 heterocycles. The van der Waals surface area contributed by atoms with E-state index in [9.17, 15) is 14.4 Å². The lowest BCUT2D eigenvalue weighted by Crippen LogP contribution is -2.30. The number of carbonyl (C=O) groups is 3. The molecule has 0 amide bonds. The summed E-state index contributed by atoms with van der Waals surface area (Å²) in [6.45, 7) is 6.58. The lowest BCUT2D eigenvalue weighted by molar-refractivity contribution is -0.167. The van der Waals surface area contributed by atoms with E-state index in [0.717, 1.165) is 77.0 Å². The third kappa shape index (κ3) is 54.7. The molecule has 0 saturated carbocycles. The van der Waals surface area contributed by atoms with Crippen LogP contribution >= 0.6 is 0 Å². The molecule has 0 aromatic carbocycles. The Morgan fingerprint density at radius 1 is 0.284 bits per heavy atom. The van der Waals surface area contributed by atoms with E-state index in [1.807, 2.05) is 0 Å². The Morgan fingerprint density at radius 3 is 0.836 bits per heavy atom. The third-order valence-electron chi connectivity index (χ3n) is 13.4. The second kappa shape index (κ2) is 56.5. The standard InChI is InChI=1S/C61H114O6/c1-4-7-10-13-16-19-22-24-25-26-27-28-29-30-31-32-33-34-35-36-37-38-40-42-45-48-51-54-60(63)66-57-58(56-65-59(62)53-50-47-44-41-21-18-15-12-9-6-3)67-61(64)55-52-49-46-43-39-23-20-17-14-11-8-5-2/h12,15,17,20,58H,4-11,13-14,16,18-19,21-57H2,1-3H3/b15-12-,20-17-. The number of rotatable bonds is 55. The van der Waals surface area contributed by atoms with Crippen LogP contribution in [-0.4, -0.2) is 37.2 Å². The van der Waals surface area contributed by atoms with Crippen LogP contribution in [0.15, 0.2) is 24.3 Å². The summed E-state index contributed by atoms with van der Waals surface area (Å²) >= 11 is 0. The zero-order valence-electron chi connectivity index (χ0n) is 45.2. The summed E-state index contributed by atoms with van der Waals surface area (Å²) < 4.78 is 16.8. The van der Waals surface area contributed by atoms with E-state index in [4.69, 9.17) is 14.2 Å². The summed E-state index contributed by atoms with van der Waals surface area (Å²) in [5.74, 6) is -0.878. The molecule has 0 aromatic rings. The fourth-order valence-corrected chi connectivity index (χ4v) is 8.91. The number of carbonyl (C=O) groups excluding carboxylic acids is 3. The van der Waals surface area contributed by atoms with Crippen molar-refractivity contribution >= 4 is 17.9 Å². The quantitative estimate of drug-likeness (QED) is 0.0262. The molecule has 0 aromatic heterocycles. The Morgan fingerprint density at radius 2 is 0.522 bits per heavy atom. The van der Waals surface area contributed by atoms with E-state index in [1.165, 1.54) is 212 Å². The minimum absolute atomic E-state index is 0.0734. The minimum Gasteiger partial charge on any atom is -0.462 e. The van der Waals surface area contributed by atoms with Gasteiger partial charge in [0.2, 0.25) is 0 Å². The van der Waals surface area contributed by atoms with Crippen molar-refractivity contribution in [1.82, 2.24) is 0 Å². The van der Waals surface area contributed by atoms with Crippen LogP contribution < -0.4 is 0 Å². The number of hydrogen-bond donors (Lipinski definition) is 0. The van der Waals surface area contributed by atoms with Crippen molar-refractivity contribution in [2.75, 3.05) is 13.2 Å². The molecule has 0 rings (SSSR count). The van der Waals surface area contributed by atoms with E-state index in [1.54, 1.807) is 0 Å². The van der Waals surface area contributed by atoms with E-state index in [-0.39, 0.29) is 31.1 Å². The lowest BCUT2D eigenvalue weighted by atomic mass is 10.0. The van der Waals surface area contributed by atoms with Crippen LogP contribution in [0.3, 0.4) is 0 Å². The third-order valence-corrected chi connectivity index (χ3v) is 13.4. The van der Waals surface area contributed by atoms with Gasteiger partial charge in [-0.1, -0.05) is 270 Å². The second-order valence-corrected chi connectivity index (χ2v) is 20.3. The van der Waals surface area contributed by atoms with Gasteiger partial charge >= 0.3 is 17.9 Å². The lowest BCUT2D eigenvalue weighted by Gasteiger charge is -2.18. The van der Waals surface area contributed by atoms with Gasteiger partial charge in [0.25, 0.3) is 0 Å². The van der Waals surface area contributed by atoms with E-state index >= 15 is 0 Å². The zero-order valence-corrected chi connectivity index (χ0v) is 45.2.